The van der Waals surface area contributed by atoms with Crippen LogP contribution in [0.3, 0.4) is 0 Å². The number of aryl methyl sites for hydroxylation is 1. The van der Waals surface area contributed by atoms with Gasteiger partial charge in [0.25, 0.3) is 0 Å². The fraction of sp³-hybridized carbons (Fsp3) is 0.500. The van der Waals surface area contributed by atoms with E-state index in [2.05, 4.69) is 17.4 Å². The normalized spacial score (nSPS) is 27.3. The third kappa shape index (κ3) is 3.31. The molecule has 0 aliphatic carbocycles. The molecule has 1 aromatic rings. The number of aliphatic carboxylic acids is 1. The number of nitrogens with one attached hydrogen (secondary N) is 1. The van der Waals surface area contributed by atoms with Crippen molar-refractivity contribution < 1.29 is 15.0 Å². The molecule has 3 N–H and O–H groups in total. The molecule has 0 amide bonds. The Morgan fingerprint density at radius 3 is 2.72 bits per heavy atom. The number of rotatable bonds is 5. The predicted octanol–water partition coefficient (Wildman–Crippen LogP) is 1.19. The Morgan fingerprint density at radius 1 is 1.39 bits per heavy atom. The van der Waals surface area contributed by atoms with E-state index in [-0.39, 0.29) is 0 Å². The van der Waals surface area contributed by atoms with E-state index in [0.29, 0.717) is 19.4 Å². The second-order valence-electron chi connectivity index (χ2n) is 5.04. The lowest BCUT2D eigenvalue weighted by Gasteiger charge is -2.21. The van der Waals surface area contributed by atoms with Gasteiger partial charge >= 0.3 is 5.97 Å². The summed E-state index contributed by atoms with van der Waals surface area (Å²) < 4.78 is 0. The van der Waals surface area contributed by atoms with Gasteiger partial charge in [-0.1, -0.05) is 30.3 Å². The van der Waals surface area contributed by atoms with E-state index in [4.69, 9.17) is 5.11 Å². The van der Waals surface area contributed by atoms with Crippen LogP contribution < -0.4 is 5.32 Å². The summed E-state index contributed by atoms with van der Waals surface area (Å²) in [4.78, 5) is 10.8. The zero-order valence-corrected chi connectivity index (χ0v) is 10.3. The number of aliphatic hydroxyl groups is 1. The van der Waals surface area contributed by atoms with Crippen molar-refractivity contribution in [3.63, 3.8) is 0 Å². The van der Waals surface area contributed by atoms with Crippen LogP contribution in [0.2, 0.25) is 0 Å². The molecule has 18 heavy (non-hydrogen) atoms. The molecule has 1 aliphatic heterocycles. The fourth-order valence-corrected chi connectivity index (χ4v) is 2.47. The molecule has 0 aromatic heterocycles. The predicted molar refractivity (Wildman–Crippen MR) is 68.4 cm³/mol. The second kappa shape index (κ2) is 5.50. The highest BCUT2D eigenvalue weighted by Crippen LogP contribution is 2.25. The summed E-state index contributed by atoms with van der Waals surface area (Å²) in [7, 11) is 0. The third-order valence-corrected chi connectivity index (χ3v) is 3.51. The minimum absolute atomic E-state index is 0.303. The van der Waals surface area contributed by atoms with Gasteiger partial charge in [0.15, 0.2) is 0 Å². The maximum absolute atomic E-state index is 10.8. The van der Waals surface area contributed by atoms with Gasteiger partial charge in [0.2, 0.25) is 0 Å². The Kier molecular flexibility index (Phi) is 3.99. The standard InChI is InChI=1S/C14H19NO3/c16-13(17)12-9-14(18,10-15-12)8-4-7-11-5-2-1-3-6-11/h1-3,5-6,12,15,18H,4,7-10H2,(H,16,17)/t12-,14?/m0/s1. The van der Waals surface area contributed by atoms with Gasteiger partial charge in [0.05, 0.1) is 5.60 Å². The van der Waals surface area contributed by atoms with Gasteiger partial charge in [-0.3, -0.25) is 4.79 Å². The molecule has 1 aliphatic rings. The Morgan fingerprint density at radius 2 is 2.11 bits per heavy atom. The number of carboxylic acids is 1. The van der Waals surface area contributed by atoms with Crippen LogP contribution in [0, 0.1) is 0 Å². The van der Waals surface area contributed by atoms with Gasteiger partial charge in [-0.2, -0.15) is 0 Å². The van der Waals surface area contributed by atoms with E-state index < -0.39 is 17.6 Å². The van der Waals surface area contributed by atoms with Crippen molar-refractivity contribution in [2.75, 3.05) is 6.54 Å². The Labute approximate surface area is 107 Å². The number of β-amino-alcohol motifs (C(OH)–C–C–N with tert-alkyl or cyclic N) is 1. The highest BCUT2D eigenvalue weighted by Gasteiger charge is 2.39. The molecule has 4 nitrogen and oxygen atoms in total. The smallest absolute Gasteiger partial charge is 0.320 e. The van der Waals surface area contributed by atoms with E-state index in [9.17, 15) is 9.90 Å². The van der Waals surface area contributed by atoms with Crippen LogP contribution in [0.25, 0.3) is 0 Å². The average molecular weight is 249 g/mol. The van der Waals surface area contributed by atoms with Crippen molar-refractivity contribution in [3.8, 4) is 0 Å². The molecule has 0 bridgehead atoms. The average Bonchev–Trinajstić information content (AvgIpc) is 2.74. The SMILES string of the molecule is O=C(O)[C@@H]1CC(O)(CCCc2ccccc2)CN1. The van der Waals surface area contributed by atoms with Gasteiger partial charge < -0.3 is 15.5 Å². The molecule has 0 saturated carbocycles. The zero-order valence-electron chi connectivity index (χ0n) is 10.3. The van der Waals surface area contributed by atoms with Crippen molar-refractivity contribution in [1.82, 2.24) is 5.32 Å². The molecule has 1 unspecified atom stereocenters. The highest BCUT2D eigenvalue weighted by molar-refractivity contribution is 5.74. The molecule has 1 fully saturated rings. The number of hydrogen-bond donors (Lipinski definition) is 3. The van der Waals surface area contributed by atoms with E-state index in [1.807, 2.05) is 18.2 Å². The number of carbonyl (C=O) groups is 1. The zero-order chi connectivity index (χ0) is 13.0. The topological polar surface area (TPSA) is 69.6 Å². The van der Waals surface area contributed by atoms with Crippen LogP contribution in [0.5, 0.6) is 0 Å². The first-order chi connectivity index (χ1) is 8.59. The van der Waals surface area contributed by atoms with E-state index in [1.54, 1.807) is 0 Å². The van der Waals surface area contributed by atoms with Crippen molar-refractivity contribution in [2.45, 2.75) is 37.3 Å². The first kappa shape index (κ1) is 13.1. The first-order valence-corrected chi connectivity index (χ1v) is 6.32. The summed E-state index contributed by atoms with van der Waals surface area (Å²) >= 11 is 0. The van der Waals surface area contributed by atoms with Gasteiger partial charge in [-0.05, 0) is 24.8 Å². The molecule has 0 radical (unpaired) electrons. The lowest BCUT2D eigenvalue weighted by Crippen LogP contribution is -2.31. The summed E-state index contributed by atoms with van der Waals surface area (Å²) in [5.41, 5.74) is 0.388. The molecule has 1 saturated heterocycles. The van der Waals surface area contributed by atoms with Crippen molar-refractivity contribution in [2.24, 2.45) is 0 Å². The minimum atomic E-state index is -0.881. The van der Waals surface area contributed by atoms with E-state index in [0.717, 1.165) is 12.8 Å². The lowest BCUT2D eigenvalue weighted by molar-refractivity contribution is -0.139. The fourth-order valence-electron chi connectivity index (χ4n) is 2.47. The van der Waals surface area contributed by atoms with Gasteiger partial charge in [-0.15, -0.1) is 0 Å². The second-order valence-corrected chi connectivity index (χ2v) is 5.04. The Hall–Kier alpha value is -1.39. The van der Waals surface area contributed by atoms with Crippen molar-refractivity contribution >= 4 is 5.97 Å². The largest absolute Gasteiger partial charge is 0.480 e. The number of hydrogen-bond acceptors (Lipinski definition) is 3. The molecule has 2 rings (SSSR count). The van der Waals surface area contributed by atoms with Crippen molar-refractivity contribution in [3.05, 3.63) is 35.9 Å². The van der Waals surface area contributed by atoms with Crippen LogP contribution in [0.15, 0.2) is 30.3 Å². The minimum Gasteiger partial charge on any atom is -0.480 e. The molecule has 4 heteroatoms. The van der Waals surface area contributed by atoms with E-state index >= 15 is 0 Å². The lowest BCUT2D eigenvalue weighted by atomic mass is 9.92. The summed E-state index contributed by atoms with van der Waals surface area (Å²) in [6.45, 7) is 0.374. The van der Waals surface area contributed by atoms with Crippen LogP contribution >= 0.6 is 0 Å². The first-order valence-electron chi connectivity index (χ1n) is 6.32. The monoisotopic (exact) mass is 249 g/mol. The molecule has 0 spiro atoms. The van der Waals surface area contributed by atoms with Gasteiger partial charge in [0.1, 0.15) is 6.04 Å². The maximum Gasteiger partial charge on any atom is 0.320 e. The highest BCUT2D eigenvalue weighted by atomic mass is 16.4. The van der Waals surface area contributed by atoms with Gasteiger partial charge in [-0.25, -0.2) is 0 Å². The van der Waals surface area contributed by atoms with E-state index in [1.165, 1.54) is 5.56 Å². The van der Waals surface area contributed by atoms with Crippen LogP contribution in [-0.4, -0.2) is 34.4 Å². The third-order valence-electron chi connectivity index (χ3n) is 3.51. The maximum atomic E-state index is 10.8. The summed E-state index contributed by atoms with van der Waals surface area (Å²) in [6.07, 6.45) is 2.73. The quantitative estimate of drug-likeness (QED) is 0.733. The van der Waals surface area contributed by atoms with Crippen LogP contribution in [-0.2, 0) is 11.2 Å². The number of carboxylic acid groups (broad SMARTS) is 1. The van der Waals surface area contributed by atoms with Crippen molar-refractivity contribution in [1.29, 1.82) is 0 Å². The molecule has 1 heterocycles. The summed E-state index contributed by atoms with van der Waals surface area (Å²) in [5, 5.41) is 22.0. The molecule has 98 valence electrons. The number of benzene rings is 1. The van der Waals surface area contributed by atoms with Crippen LogP contribution in [0.1, 0.15) is 24.8 Å². The molecular formula is C14H19NO3. The van der Waals surface area contributed by atoms with Crippen LogP contribution in [0.4, 0.5) is 0 Å². The summed E-state index contributed by atoms with van der Waals surface area (Å²) in [6, 6.07) is 9.51. The molecular weight excluding hydrogens is 230 g/mol. The Bertz CT molecular complexity index is 407. The molecule has 2 atom stereocenters. The Balaban J connectivity index is 1.79. The summed E-state index contributed by atoms with van der Waals surface area (Å²) in [5.74, 6) is -0.881. The molecule has 1 aromatic carbocycles. The van der Waals surface area contributed by atoms with Gasteiger partial charge in [0, 0.05) is 13.0 Å².